The third-order valence-corrected chi connectivity index (χ3v) is 1.33. The summed E-state index contributed by atoms with van der Waals surface area (Å²) in [5.74, 6) is -0.0774. The Bertz CT molecular complexity index is 155. The van der Waals surface area contributed by atoms with E-state index in [1.165, 1.54) is 0 Å². The van der Waals surface area contributed by atoms with Crippen LogP contribution in [0, 0.1) is 6.92 Å². The first-order chi connectivity index (χ1) is 5.68. The summed E-state index contributed by atoms with van der Waals surface area (Å²) in [7, 11) is 0. The van der Waals surface area contributed by atoms with Gasteiger partial charge < -0.3 is 10.6 Å². The van der Waals surface area contributed by atoms with Gasteiger partial charge >= 0.3 is 0 Å². The van der Waals surface area contributed by atoms with Crippen LogP contribution in [0.3, 0.4) is 0 Å². The van der Waals surface area contributed by atoms with Crippen LogP contribution in [-0.2, 0) is 4.79 Å². The van der Waals surface area contributed by atoms with Gasteiger partial charge in [-0.15, -0.1) is 0 Å². The number of rotatable bonds is 6. The molecule has 0 aliphatic carbocycles. The number of amides is 1. The van der Waals surface area contributed by atoms with Gasteiger partial charge in [0.25, 0.3) is 0 Å². The quantitative estimate of drug-likeness (QED) is 0.449. The van der Waals surface area contributed by atoms with Crippen molar-refractivity contribution in [2.75, 3.05) is 19.6 Å². The van der Waals surface area contributed by atoms with Crippen LogP contribution < -0.4 is 10.6 Å². The molecule has 2 N–H and O–H groups in total. The lowest BCUT2D eigenvalue weighted by Gasteiger charge is -2.04. The highest BCUT2D eigenvalue weighted by molar-refractivity contribution is 5.92. The van der Waals surface area contributed by atoms with Crippen LogP contribution in [0.1, 0.15) is 13.3 Å². The predicted molar refractivity (Wildman–Crippen MR) is 50.7 cm³/mol. The highest BCUT2D eigenvalue weighted by atomic mass is 16.1. The van der Waals surface area contributed by atoms with Crippen molar-refractivity contribution in [3.8, 4) is 0 Å². The van der Waals surface area contributed by atoms with Crippen molar-refractivity contribution in [3.63, 3.8) is 0 Å². The summed E-state index contributed by atoms with van der Waals surface area (Å²) in [6.07, 6.45) is 0.869. The zero-order valence-corrected chi connectivity index (χ0v) is 7.65. The summed E-state index contributed by atoms with van der Waals surface area (Å²) in [4.78, 5) is 10.9. The smallest absolute Gasteiger partial charge is 0.246 e. The van der Waals surface area contributed by atoms with E-state index in [0.29, 0.717) is 12.1 Å². The van der Waals surface area contributed by atoms with Crippen molar-refractivity contribution >= 4 is 5.91 Å². The minimum atomic E-state index is -0.0774. The molecule has 0 spiro atoms. The number of nitrogens with one attached hydrogen (secondary N) is 2. The minimum Gasteiger partial charge on any atom is -0.351 e. The summed E-state index contributed by atoms with van der Waals surface area (Å²) in [6.45, 7) is 11.2. The first-order valence-electron chi connectivity index (χ1n) is 4.12. The zero-order valence-electron chi connectivity index (χ0n) is 7.65. The zero-order chi connectivity index (χ0) is 9.40. The monoisotopic (exact) mass is 169 g/mol. The minimum absolute atomic E-state index is 0.0774. The molecule has 0 aliphatic heterocycles. The molecule has 0 aromatic heterocycles. The normalized spacial score (nSPS) is 9.50. The molecule has 0 aromatic carbocycles. The van der Waals surface area contributed by atoms with E-state index in [1.54, 1.807) is 6.92 Å². The van der Waals surface area contributed by atoms with Crippen LogP contribution in [0.15, 0.2) is 12.2 Å². The van der Waals surface area contributed by atoms with Gasteiger partial charge in [0.05, 0.1) is 0 Å². The van der Waals surface area contributed by atoms with Gasteiger partial charge in [-0.05, 0) is 19.9 Å². The largest absolute Gasteiger partial charge is 0.351 e. The maximum Gasteiger partial charge on any atom is 0.246 e. The van der Waals surface area contributed by atoms with Gasteiger partial charge in [-0.25, -0.2) is 0 Å². The van der Waals surface area contributed by atoms with Crippen molar-refractivity contribution in [2.45, 2.75) is 13.3 Å². The molecule has 0 saturated carbocycles. The molecule has 3 heteroatoms. The third-order valence-electron chi connectivity index (χ3n) is 1.33. The third kappa shape index (κ3) is 5.92. The Morgan fingerprint density at radius 1 is 1.33 bits per heavy atom. The van der Waals surface area contributed by atoms with E-state index in [9.17, 15) is 4.79 Å². The van der Waals surface area contributed by atoms with Gasteiger partial charge in [-0.3, -0.25) is 4.79 Å². The Kier molecular flexibility index (Phi) is 6.38. The van der Waals surface area contributed by atoms with Gasteiger partial charge in [0.15, 0.2) is 0 Å². The second-order valence-electron chi connectivity index (χ2n) is 2.64. The molecule has 0 unspecified atom stereocenters. The number of carbonyl (C=O) groups is 1. The second kappa shape index (κ2) is 6.85. The summed E-state index contributed by atoms with van der Waals surface area (Å²) in [6, 6.07) is 0. The Balaban J connectivity index is 3.20. The molecule has 1 radical (unpaired) electrons. The van der Waals surface area contributed by atoms with Crippen molar-refractivity contribution < 1.29 is 4.79 Å². The molecule has 3 nitrogen and oxygen atoms in total. The van der Waals surface area contributed by atoms with E-state index in [0.717, 1.165) is 19.5 Å². The summed E-state index contributed by atoms with van der Waals surface area (Å²) in [5.41, 5.74) is 0.548. The fourth-order valence-corrected chi connectivity index (χ4v) is 0.665. The van der Waals surface area contributed by atoms with Gasteiger partial charge in [-0.2, -0.15) is 0 Å². The Morgan fingerprint density at radius 3 is 2.50 bits per heavy atom. The fourth-order valence-electron chi connectivity index (χ4n) is 0.665. The van der Waals surface area contributed by atoms with E-state index >= 15 is 0 Å². The standard InChI is InChI=1S/C9H17N2O/c1-4-5-10-6-7-11-9(12)8(2)3/h10H,1-2,4-7H2,3H3,(H,11,12). The Hall–Kier alpha value is -0.830. The molecule has 0 aliphatic rings. The van der Waals surface area contributed by atoms with Gasteiger partial charge in [0.1, 0.15) is 0 Å². The fraction of sp³-hybridized carbons (Fsp3) is 0.556. The van der Waals surface area contributed by atoms with E-state index in [1.807, 2.05) is 0 Å². The van der Waals surface area contributed by atoms with E-state index in [4.69, 9.17) is 0 Å². The van der Waals surface area contributed by atoms with Crippen LogP contribution in [0.25, 0.3) is 0 Å². The lowest BCUT2D eigenvalue weighted by Crippen LogP contribution is -2.32. The van der Waals surface area contributed by atoms with E-state index in [-0.39, 0.29) is 5.91 Å². The molecule has 0 fully saturated rings. The van der Waals surface area contributed by atoms with Crippen LogP contribution in [0.2, 0.25) is 0 Å². The molecule has 12 heavy (non-hydrogen) atoms. The molecular weight excluding hydrogens is 152 g/mol. The molecular formula is C9H17N2O. The van der Waals surface area contributed by atoms with Crippen molar-refractivity contribution in [3.05, 3.63) is 19.1 Å². The van der Waals surface area contributed by atoms with Crippen LogP contribution in [0.4, 0.5) is 0 Å². The topological polar surface area (TPSA) is 41.1 Å². The van der Waals surface area contributed by atoms with Crippen molar-refractivity contribution in [1.29, 1.82) is 0 Å². The lowest BCUT2D eigenvalue weighted by atomic mass is 10.3. The Morgan fingerprint density at radius 2 is 2.00 bits per heavy atom. The predicted octanol–water partition coefficient (Wildman–Crippen LogP) is 0.492. The maximum absolute atomic E-state index is 10.9. The molecule has 0 atom stereocenters. The molecule has 0 heterocycles. The summed E-state index contributed by atoms with van der Waals surface area (Å²) >= 11 is 0. The van der Waals surface area contributed by atoms with Crippen molar-refractivity contribution in [1.82, 2.24) is 10.6 Å². The molecule has 69 valence electrons. The number of hydrogen-bond donors (Lipinski definition) is 2. The number of hydrogen-bond acceptors (Lipinski definition) is 2. The molecule has 0 rings (SSSR count). The van der Waals surface area contributed by atoms with Crippen LogP contribution >= 0.6 is 0 Å². The molecule has 0 aromatic rings. The lowest BCUT2D eigenvalue weighted by molar-refractivity contribution is -0.117. The van der Waals surface area contributed by atoms with E-state index in [2.05, 4.69) is 24.1 Å². The van der Waals surface area contributed by atoms with Crippen LogP contribution in [-0.4, -0.2) is 25.5 Å². The SMILES string of the molecule is [CH2]CCNCCNC(=O)C(=C)C. The average molecular weight is 169 g/mol. The molecule has 1 amide bonds. The van der Waals surface area contributed by atoms with Gasteiger partial charge in [0.2, 0.25) is 5.91 Å². The summed E-state index contributed by atoms with van der Waals surface area (Å²) < 4.78 is 0. The maximum atomic E-state index is 10.9. The van der Waals surface area contributed by atoms with Gasteiger partial charge in [-0.1, -0.05) is 13.5 Å². The molecule has 0 bridgehead atoms. The number of carbonyl (C=O) groups excluding carboxylic acids is 1. The summed E-state index contributed by atoms with van der Waals surface area (Å²) in [5, 5.41) is 5.84. The van der Waals surface area contributed by atoms with Crippen LogP contribution in [0.5, 0.6) is 0 Å². The van der Waals surface area contributed by atoms with E-state index < -0.39 is 0 Å². The van der Waals surface area contributed by atoms with Gasteiger partial charge in [0, 0.05) is 18.7 Å². The Labute approximate surface area is 74.2 Å². The first-order valence-corrected chi connectivity index (χ1v) is 4.12. The second-order valence-corrected chi connectivity index (χ2v) is 2.64. The highest BCUT2D eigenvalue weighted by Crippen LogP contribution is 1.83. The van der Waals surface area contributed by atoms with Crippen molar-refractivity contribution in [2.24, 2.45) is 0 Å². The molecule has 0 saturated heterocycles. The highest BCUT2D eigenvalue weighted by Gasteiger charge is 1.98. The first kappa shape index (κ1) is 11.2. The average Bonchev–Trinajstić information content (AvgIpc) is 2.03.